The van der Waals surface area contributed by atoms with Crippen molar-refractivity contribution >= 4 is 6.03 Å². The van der Waals surface area contributed by atoms with Gasteiger partial charge in [0.2, 0.25) is 0 Å². The van der Waals surface area contributed by atoms with Crippen LogP contribution in [-0.2, 0) is 13.1 Å². The van der Waals surface area contributed by atoms with E-state index in [0.717, 1.165) is 16.9 Å². The van der Waals surface area contributed by atoms with E-state index < -0.39 is 6.23 Å². The minimum absolute atomic E-state index is 0.274. The minimum atomic E-state index is -0.430. The molecule has 0 aliphatic carbocycles. The lowest BCUT2D eigenvalue weighted by Crippen LogP contribution is -2.43. The number of benzene rings is 2. The van der Waals surface area contributed by atoms with Crippen molar-refractivity contribution in [1.82, 2.24) is 10.6 Å². The van der Waals surface area contributed by atoms with Crippen LogP contribution in [0.3, 0.4) is 0 Å². The first-order valence-corrected chi connectivity index (χ1v) is 8.56. The maximum Gasteiger partial charge on any atom is 0.317 e. The second kappa shape index (κ2) is 9.08. The molecule has 0 radical (unpaired) electrons. The van der Waals surface area contributed by atoms with Crippen LogP contribution in [0, 0.1) is 0 Å². The SMILES string of the molecule is CC(NC(=O)NCc1cccc(CN)c1)Oc1ccc(C(C)C)cc1. The highest BCUT2D eigenvalue weighted by atomic mass is 16.5. The molecule has 2 aromatic rings. The Bertz CT molecular complexity index is 684. The Labute approximate surface area is 149 Å². The zero-order valence-electron chi connectivity index (χ0n) is 15.1. The second-order valence-corrected chi connectivity index (χ2v) is 6.33. The molecule has 0 bridgehead atoms. The first kappa shape index (κ1) is 18.8. The summed E-state index contributed by atoms with van der Waals surface area (Å²) in [5.41, 5.74) is 8.93. The third-order valence-corrected chi connectivity index (χ3v) is 3.87. The lowest BCUT2D eigenvalue weighted by molar-refractivity contribution is 0.177. The standard InChI is InChI=1S/C20H27N3O2/c1-14(2)18-7-9-19(10-8-18)25-15(3)23-20(24)22-13-17-6-4-5-16(11-17)12-21/h4-11,14-15H,12-13,21H2,1-3H3,(H2,22,23,24). The molecule has 5 heteroatoms. The first-order valence-electron chi connectivity index (χ1n) is 8.56. The van der Waals surface area contributed by atoms with Crippen molar-refractivity contribution < 1.29 is 9.53 Å². The van der Waals surface area contributed by atoms with Gasteiger partial charge in [-0.25, -0.2) is 4.79 Å². The highest BCUT2D eigenvalue weighted by Gasteiger charge is 2.09. The van der Waals surface area contributed by atoms with Crippen molar-refractivity contribution in [1.29, 1.82) is 0 Å². The Balaban J connectivity index is 1.79. The molecule has 25 heavy (non-hydrogen) atoms. The van der Waals surface area contributed by atoms with Gasteiger partial charge < -0.3 is 21.1 Å². The fourth-order valence-corrected chi connectivity index (χ4v) is 2.45. The molecule has 5 nitrogen and oxygen atoms in total. The van der Waals surface area contributed by atoms with E-state index in [1.165, 1.54) is 5.56 Å². The normalized spacial score (nSPS) is 11.9. The molecular weight excluding hydrogens is 314 g/mol. The van der Waals surface area contributed by atoms with E-state index in [-0.39, 0.29) is 6.03 Å². The fourth-order valence-electron chi connectivity index (χ4n) is 2.45. The van der Waals surface area contributed by atoms with Crippen LogP contribution in [0.15, 0.2) is 48.5 Å². The number of rotatable bonds is 7. The van der Waals surface area contributed by atoms with Crippen molar-refractivity contribution in [3.05, 3.63) is 65.2 Å². The number of carbonyl (C=O) groups is 1. The van der Waals surface area contributed by atoms with Crippen molar-refractivity contribution in [3.63, 3.8) is 0 Å². The predicted molar refractivity (Wildman–Crippen MR) is 100 cm³/mol. The van der Waals surface area contributed by atoms with Gasteiger partial charge in [-0.05, 0) is 41.7 Å². The quantitative estimate of drug-likeness (QED) is 0.675. The molecule has 134 valence electrons. The van der Waals surface area contributed by atoms with Crippen molar-refractivity contribution in [3.8, 4) is 5.75 Å². The number of hydrogen-bond acceptors (Lipinski definition) is 3. The topological polar surface area (TPSA) is 76.4 Å². The summed E-state index contributed by atoms with van der Waals surface area (Å²) in [6.45, 7) is 7.02. The Morgan fingerprint density at radius 1 is 1.08 bits per heavy atom. The number of ether oxygens (including phenoxy) is 1. The maximum atomic E-state index is 12.0. The molecule has 0 heterocycles. The van der Waals surface area contributed by atoms with Gasteiger partial charge >= 0.3 is 6.03 Å². The van der Waals surface area contributed by atoms with Crippen LogP contribution >= 0.6 is 0 Å². The van der Waals surface area contributed by atoms with E-state index in [4.69, 9.17) is 10.5 Å². The number of nitrogens with one attached hydrogen (secondary N) is 2. The molecule has 2 amide bonds. The monoisotopic (exact) mass is 341 g/mol. The summed E-state index contributed by atoms with van der Waals surface area (Å²) in [5.74, 6) is 1.21. The zero-order chi connectivity index (χ0) is 18.2. The molecule has 0 aliphatic heterocycles. The van der Waals surface area contributed by atoms with E-state index in [1.54, 1.807) is 6.92 Å². The Hall–Kier alpha value is -2.53. The van der Waals surface area contributed by atoms with Crippen molar-refractivity contribution in [2.75, 3.05) is 0 Å². The van der Waals surface area contributed by atoms with Crippen molar-refractivity contribution in [2.24, 2.45) is 5.73 Å². The van der Waals surface area contributed by atoms with Gasteiger partial charge in [0.25, 0.3) is 0 Å². The molecule has 0 saturated carbocycles. The zero-order valence-corrected chi connectivity index (χ0v) is 15.1. The molecule has 0 spiro atoms. The molecule has 0 aliphatic rings. The summed E-state index contributed by atoms with van der Waals surface area (Å²) in [5, 5.41) is 5.59. The number of carbonyl (C=O) groups excluding carboxylic acids is 1. The molecule has 0 aromatic heterocycles. The Kier molecular flexibility index (Phi) is 6.83. The Morgan fingerprint density at radius 2 is 1.76 bits per heavy atom. The minimum Gasteiger partial charge on any atom is -0.471 e. The molecular formula is C20H27N3O2. The predicted octanol–water partition coefficient (Wildman–Crippen LogP) is 3.49. The summed E-state index contributed by atoms with van der Waals surface area (Å²) in [6.07, 6.45) is -0.430. The Morgan fingerprint density at radius 3 is 2.40 bits per heavy atom. The first-order chi connectivity index (χ1) is 12.0. The van der Waals surface area contributed by atoms with Crippen LogP contribution in [0.1, 0.15) is 43.4 Å². The van der Waals surface area contributed by atoms with Crippen LogP contribution in [0.2, 0.25) is 0 Å². The van der Waals surface area contributed by atoms with Crippen LogP contribution < -0.4 is 21.1 Å². The molecule has 2 rings (SSSR count). The largest absolute Gasteiger partial charge is 0.471 e. The van der Waals surface area contributed by atoms with Crippen LogP contribution in [0.4, 0.5) is 4.79 Å². The smallest absolute Gasteiger partial charge is 0.317 e. The van der Waals surface area contributed by atoms with Crippen LogP contribution in [-0.4, -0.2) is 12.3 Å². The average Bonchev–Trinajstić information content (AvgIpc) is 2.60. The fraction of sp³-hybridized carbons (Fsp3) is 0.350. The summed E-state index contributed by atoms with van der Waals surface area (Å²) in [4.78, 5) is 12.0. The number of amides is 2. The summed E-state index contributed by atoms with van der Waals surface area (Å²) < 4.78 is 5.72. The van der Waals surface area contributed by atoms with E-state index >= 15 is 0 Å². The van der Waals surface area contributed by atoms with Gasteiger partial charge in [-0.2, -0.15) is 0 Å². The average molecular weight is 341 g/mol. The van der Waals surface area contributed by atoms with Gasteiger partial charge in [-0.15, -0.1) is 0 Å². The van der Waals surface area contributed by atoms with E-state index in [2.05, 4.69) is 24.5 Å². The summed E-state index contributed by atoms with van der Waals surface area (Å²) >= 11 is 0. The number of nitrogens with two attached hydrogens (primary N) is 1. The lowest BCUT2D eigenvalue weighted by atomic mass is 10.0. The van der Waals surface area contributed by atoms with Gasteiger partial charge in [0.15, 0.2) is 6.23 Å². The van der Waals surface area contributed by atoms with Crippen LogP contribution in [0.5, 0.6) is 5.75 Å². The second-order valence-electron chi connectivity index (χ2n) is 6.33. The van der Waals surface area contributed by atoms with Crippen molar-refractivity contribution in [2.45, 2.75) is 46.0 Å². The third kappa shape index (κ3) is 6.12. The highest BCUT2D eigenvalue weighted by Crippen LogP contribution is 2.19. The lowest BCUT2D eigenvalue weighted by Gasteiger charge is -2.17. The number of hydrogen-bond donors (Lipinski definition) is 3. The molecule has 2 aromatic carbocycles. The van der Waals surface area contributed by atoms with Gasteiger partial charge in [0.1, 0.15) is 5.75 Å². The molecule has 1 atom stereocenters. The van der Waals surface area contributed by atoms with E-state index in [0.29, 0.717) is 19.0 Å². The van der Waals surface area contributed by atoms with Gasteiger partial charge in [0, 0.05) is 13.1 Å². The van der Waals surface area contributed by atoms with E-state index in [9.17, 15) is 4.79 Å². The number of urea groups is 1. The van der Waals surface area contributed by atoms with E-state index in [1.807, 2.05) is 48.5 Å². The highest BCUT2D eigenvalue weighted by molar-refractivity contribution is 5.74. The molecule has 0 fully saturated rings. The van der Waals surface area contributed by atoms with Crippen LogP contribution in [0.25, 0.3) is 0 Å². The molecule has 0 saturated heterocycles. The molecule has 4 N–H and O–H groups in total. The van der Waals surface area contributed by atoms with Gasteiger partial charge in [-0.3, -0.25) is 0 Å². The van der Waals surface area contributed by atoms with Gasteiger partial charge in [-0.1, -0.05) is 50.2 Å². The maximum absolute atomic E-state index is 12.0. The molecule has 1 unspecified atom stereocenters. The summed E-state index contributed by atoms with van der Waals surface area (Å²) in [7, 11) is 0. The summed E-state index contributed by atoms with van der Waals surface area (Å²) in [6, 6.07) is 15.5. The third-order valence-electron chi connectivity index (χ3n) is 3.87. The van der Waals surface area contributed by atoms with Gasteiger partial charge in [0.05, 0.1) is 0 Å².